The first-order valence-corrected chi connectivity index (χ1v) is 8.86. The van der Waals surface area contributed by atoms with E-state index in [-0.39, 0.29) is 5.78 Å². The van der Waals surface area contributed by atoms with Crippen LogP contribution in [0.25, 0.3) is 0 Å². The molecule has 110 valence electrons. The molecule has 1 fully saturated rings. The molecule has 2 heteroatoms. The van der Waals surface area contributed by atoms with E-state index in [2.05, 4.69) is 32.9 Å². The van der Waals surface area contributed by atoms with E-state index < -0.39 is 0 Å². The van der Waals surface area contributed by atoms with Crippen LogP contribution < -0.4 is 0 Å². The minimum atomic E-state index is 0.281. The number of ketones is 1. The van der Waals surface area contributed by atoms with Crippen molar-refractivity contribution in [2.24, 2.45) is 5.92 Å². The Hall–Kier alpha value is -0.760. The van der Waals surface area contributed by atoms with E-state index in [4.69, 9.17) is 0 Å². The first-order valence-electron chi connectivity index (χ1n) is 7.81. The van der Waals surface area contributed by atoms with Crippen LogP contribution in [0.5, 0.6) is 0 Å². The molecule has 2 rings (SSSR count). The third kappa shape index (κ3) is 4.37. The minimum absolute atomic E-state index is 0.281. The Labute approximate surface area is 127 Å². The fourth-order valence-corrected chi connectivity index (χ4v) is 4.21. The lowest BCUT2D eigenvalue weighted by molar-refractivity contribution is 0.102. The molecule has 2 atom stereocenters. The number of hydrogen-bond acceptors (Lipinski definition) is 2. The van der Waals surface area contributed by atoms with Crippen LogP contribution in [-0.4, -0.2) is 16.8 Å². The molecule has 0 spiro atoms. The molecule has 1 saturated carbocycles. The van der Waals surface area contributed by atoms with E-state index in [1.165, 1.54) is 31.2 Å². The smallest absolute Gasteiger partial charge is 0.172 e. The highest BCUT2D eigenvalue weighted by Crippen LogP contribution is 2.32. The highest BCUT2D eigenvalue weighted by Gasteiger charge is 2.20. The molecule has 1 aliphatic rings. The second kappa shape index (κ2) is 7.31. The van der Waals surface area contributed by atoms with Gasteiger partial charge in [-0.2, -0.15) is 11.8 Å². The molecule has 0 aliphatic heterocycles. The fourth-order valence-electron chi connectivity index (χ4n) is 2.86. The van der Waals surface area contributed by atoms with Gasteiger partial charge < -0.3 is 0 Å². The molecule has 20 heavy (non-hydrogen) atoms. The SMILES string of the molecule is CC1CCCC(SCC(=O)c2ccc(C(C)C)cc2)C1. The van der Waals surface area contributed by atoms with Crippen LogP contribution in [0.3, 0.4) is 0 Å². The summed E-state index contributed by atoms with van der Waals surface area (Å²) in [6.45, 7) is 6.69. The van der Waals surface area contributed by atoms with Gasteiger partial charge in [-0.1, -0.05) is 57.9 Å². The molecule has 1 nitrogen and oxygen atoms in total. The summed E-state index contributed by atoms with van der Waals surface area (Å²) in [5.74, 6) is 2.28. The summed E-state index contributed by atoms with van der Waals surface area (Å²) in [4.78, 5) is 12.2. The maximum Gasteiger partial charge on any atom is 0.172 e. The van der Waals surface area contributed by atoms with Crippen LogP contribution in [0.1, 0.15) is 68.3 Å². The van der Waals surface area contributed by atoms with Crippen LogP contribution in [0.4, 0.5) is 0 Å². The lowest BCUT2D eigenvalue weighted by atomic mass is 9.91. The van der Waals surface area contributed by atoms with Gasteiger partial charge in [-0.15, -0.1) is 0 Å². The standard InChI is InChI=1S/C18H26OS/c1-13(2)15-7-9-16(10-8-15)18(19)12-20-17-6-4-5-14(3)11-17/h7-10,13-14,17H,4-6,11-12H2,1-3H3. The summed E-state index contributed by atoms with van der Waals surface area (Å²) in [5, 5.41) is 0.692. The van der Waals surface area contributed by atoms with Gasteiger partial charge in [0, 0.05) is 10.8 Å². The zero-order chi connectivity index (χ0) is 14.5. The van der Waals surface area contributed by atoms with Crippen molar-refractivity contribution in [2.75, 3.05) is 5.75 Å². The normalized spacial score (nSPS) is 23.0. The largest absolute Gasteiger partial charge is 0.293 e. The van der Waals surface area contributed by atoms with E-state index in [9.17, 15) is 4.79 Å². The molecule has 0 amide bonds. The fraction of sp³-hybridized carbons (Fsp3) is 0.611. The highest BCUT2D eigenvalue weighted by atomic mass is 32.2. The van der Waals surface area contributed by atoms with E-state index >= 15 is 0 Å². The second-order valence-corrected chi connectivity index (χ2v) is 7.69. The summed E-state index contributed by atoms with van der Waals surface area (Å²) in [6.07, 6.45) is 5.26. The van der Waals surface area contributed by atoms with Crippen LogP contribution in [-0.2, 0) is 0 Å². The van der Waals surface area contributed by atoms with Crippen molar-refractivity contribution >= 4 is 17.5 Å². The maximum atomic E-state index is 12.2. The van der Waals surface area contributed by atoms with E-state index in [0.717, 1.165) is 11.5 Å². The number of benzene rings is 1. The van der Waals surface area contributed by atoms with Crippen LogP contribution in [0, 0.1) is 5.92 Å². The molecule has 1 aliphatic carbocycles. The van der Waals surface area contributed by atoms with Crippen LogP contribution in [0.2, 0.25) is 0 Å². The topological polar surface area (TPSA) is 17.1 Å². The molecule has 0 radical (unpaired) electrons. The van der Waals surface area contributed by atoms with E-state index in [0.29, 0.717) is 16.9 Å². The highest BCUT2D eigenvalue weighted by molar-refractivity contribution is 8.00. The molecule has 1 aromatic carbocycles. The molecular weight excluding hydrogens is 264 g/mol. The molecule has 0 bridgehead atoms. The minimum Gasteiger partial charge on any atom is -0.293 e. The second-order valence-electron chi connectivity index (χ2n) is 6.40. The zero-order valence-corrected chi connectivity index (χ0v) is 13.7. The van der Waals surface area contributed by atoms with Gasteiger partial charge in [-0.25, -0.2) is 0 Å². The van der Waals surface area contributed by atoms with Crippen molar-refractivity contribution < 1.29 is 4.79 Å². The Balaban J connectivity index is 1.85. The van der Waals surface area contributed by atoms with Crippen molar-refractivity contribution in [2.45, 2.75) is 57.6 Å². The monoisotopic (exact) mass is 290 g/mol. The maximum absolute atomic E-state index is 12.2. The third-order valence-electron chi connectivity index (χ3n) is 4.24. The molecule has 0 heterocycles. The molecule has 0 N–H and O–H groups in total. The van der Waals surface area contributed by atoms with Crippen molar-refractivity contribution in [3.63, 3.8) is 0 Å². The molecule has 1 aromatic rings. The molecule has 0 saturated heterocycles. The first kappa shape index (κ1) is 15.6. The Morgan fingerprint density at radius 2 is 1.95 bits per heavy atom. The van der Waals surface area contributed by atoms with Crippen molar-refractivity contribution in [3.05, 3.63) is 35.4 Å². The quantitative estimate of drug-likeness (QED) is 0.684. The number of hydrogen-bond donors (Lipinski definition) is 0. The number of carbonyl (C=O) groups is 1. The summed E-state index contributed by atoms with van der Waals surface area (Å²) in [5.41, 5.74) is 2.17. The third-order valence-corrected chi connectivity index (χ3v) is 5.57. The van der Waals surface area contributed by atoms with E-state index in [1.54, 1.807) is 0 Å². The number of carbonyl (C=O) groups excluding carboxylic acids is 1. The first-order chi connectivity index (χ1) is 9.56. The van der Waals surface area contributed by atoms with E-state index in [1.807, 2.05) is 23.9 Å². The lowest BCUT2D eigenvalue weighted by Crippen LogP contribution is -2.17. The van der Waals surface area contributed by atoms with Gasteiger partial charge in [0.05, 0.1) is 5.75 Å². The summed E-state index contributed by atoms with van der Waals surface area (Å²) >= 11 is 1.87. The van der Waals surface area contributed by atoms with Crippen molar-refractivity contribution in [1.29, 1.82) is 0 Å². The van der Waals surface area contributed by atoms with Gasteiger partial charge in [0.2, 0.25) is 0 Å². The Morgan fingerprint density at radius 3 is 2.55 bits per heavy atom. The summed E-state index contributed by atoms with van der Waals surface area (Å²) < 4.78 is 0. The summed E-state index contributed by atoms with van der Waals surface area (Å²) in [6, 6.07) is 8.15. The van der Waals surface area contributed by atoms with Crippen LogP contribution >= 0.6 is 11.8 Å². The zero-order valence-electron chi connectivity index (χ0n) is 12.9. The molecule has 0 aromatic heterocycles. The Morgan fingerprint density at radius 1 is 1.25 bits per heavy atom. The Bertz CT molecular complexity index is 435. The Kier molecular flexibility index (Phi) is 5.71. The van der Waals surface area contributed by atoms with Crippen molar-refractivity contribution in [3.8, 4) is 0 Å². The lowest BCUT2D eigenvalue weighted by Gasteiger charge is -2.25. The summed E-state index contributed by atoms with van der Waals surface area (Å²) in [7, 11) is 0. The van der Waals surface area contributed by atoms with Gasteiger partial charge in [0.1, 0.15) is 0 Å². The average molecular weight is 290 g/mol. The predicted molar refractivity (Wildman–Crippen MR) is 88.7 cm³/mol. The number of thioether (sulfide) groups is 1. The molecule has 2 unspecified atom stereocenters. The van der Waals surface area contributed by atoms with Crippen molar-refractivity contribution in [1.82, 2.24) is 0 Å². The average Bonchev–Trinajstić information content (AvgIpc) is 2.45. The molecular formula is C18H26OS. The van der Waals surface area contributed by atoms with Gasteiger partial charge in [0.15, 0.2) is 5.78 Å². The number of rotatable bonds is 5. The van der Waals surface area contributed by atoms with Gasteiger partial charge >= 0.3 is 0 Å². The van der Waals surface area contributed by atoms with Gasteiger partial charge in [-0.3, -0.25) is 4.79 Å². The van der Waals surface area contributed by atoms with Crippen LogP contribution in [0.15, 0.2) is 24.3 Å². The van der Waals surface area contributed by atoms with Gasteiger partial charge in [-0.05, 0) is 30.2 Å². The predicted octanol–water partition coefficient (Wildman–Crippen LogP) is 5.30. The number of Topliss-reactive ketones (excluding diaryl/α,β-unsaturated/α-hetero) is 1. The van der Waals surface area contributed by atoms with Gasteiger partial charge in [0.25, 0.3) is 0 Å².